The van der Waals surface area contributed by atoms with Crippen molar-refractivity contribution >= 4 is 29.2 Å². The van der Waals surface area contributed by atoms with Gasteiger partial charge in [0.2, 0.25) is 0 Å². The molecule has 0 radical (unpaired) electrons. The molecule has 9 nitrogen and oxygen atoms in total. The van der Waals surface area contributed by atoms with E-state index in [1.807, 2.05) is 0 Å². The molecule has 0 amide bonds. The summed E-state index contributed by atoms with van der Waals surface area (Å²) < 4.78 is 17.3. The molecule has 0 aromatic heterocycles. The van der Waals surface area contributed by atoms with Gasteiger partial charge in [-0.3, -0.25) is 0 Å². The van der Waals surface area contributed by atoms with E-state index in [0.717, 1.165) is 0 Å². The Morgan fingerprint density at radius 2 is 1.73 bits per heavy atom. The molecule has 0 spiro atoms. The summed E-state index contributed by atoms with van der Waals surface area (Å²) in [6.07, 6.45) is -9.51. The van der Waals surface area contributed by atoms with E-state index >= 15 is 0 Å². The third-order valence-electron chi connectivity index (χ3n) is 5.76. The molecule has 2 aliphatic heterocycles. The molecule has 4 rings (SSSR count). The Bertz CT molecular complexity index is 1020. The average Bonchev–Trinajstić information content (AvgIpc) is 2.79. The van der Waals surface area contributed by atoms with E-state index in [4.69, 9.17) is 43.1 Å². The number of fused-ring (bicyclic) bond motifs is 1. The zero-order valence-electron chi connectivity index (χ0n) is 17.2. The van der Waals surface area contributed by atoms with Gasteiger partial charge in [0.15, 0.2) is 12.4 Å². The number of carboxylic acid groups (broad SMARTS) is 1. The number of nitrogens with two attached hydrogens (primary N) is 1. The Labute approximate surface area is 199 Å². The van der Waals surface area contributed by atoms with E-state index in [0.29, 0.717) is 32.5 Å². The maximum atomic E-state index is 11.4. The minimum Gasteiger partial charge on any atom is -0.488 e. The third kappa shape index (κ3) is 4.55. The zero-order valence-corrected chi connectivity index (χ0v) is 18.7. The van der Waals surface area contributed by atoms with Crippen molar-refractivity contribution in [1.82, 2.24) is 0 Å². The number of benzene rings is 2. The summed E-state index contributed by atoms with van der Waals surface area (Å²) in [6.45, 7) is 0.150. The zero-order chi connectivity index (χ0) is 23.9. The van der Waals surface area contributed by atoms with Crippen molar-refractivity contribution in [2.45, 2.75) is 49.3 Å². The van der Waals surface area contributed by atoms with Crippen LogP contribution in [0.5, 0.6) is 5.75 Å². The van der Waals surface area contributed by atoms with Crippen LogP contribution in [0, 0.1) is 0 Å². The van der Waals surface area contributed by atoms with Gasteiger partial charge < -0.3 is 40.4 Å². The Hall–Kier alpha value is -1.95. The molecule has 2 aromatic carbocycles. The first kappa shape index (κ1) is 24.2. The first-order valence-electron chi connectivity index (χ1n) is 10.2. The molecular weight excluding hydrogens is 477 g/mol. The van der Waals surface area contributed by atoms with Crippen LogP contribution < -0.4 is 10.5 Å². The van der Waals surface area contributed by atoms with Crippen molar-refractivity contribution in [2.24, 2.45) is 5.73 Å². The van der Waals surface area contributed by atoms with Gasteiger partial charge in [0.25, 0.3) is 0 Å². The minimum absolute atomic E-state index is 0.150. The van der Waals surface area contributed by atoms with E-state index in [2.05, 4.69) is 0 Å². The van der Waals surface area contributed by atoms with Crippen LogP contribution in [0.1, 0.15) is 18.1 Å². The number of aliphatic hydroxyl groups is 3. The van der Waals surface area contributed by atoms with Crippen LogP contribution in [0.2, 0.25) is 10.0 Å². The number of para-hydroxylation sites is 1. The summed E-state index contributed by atoms with van der Waals surface area (Å²) in [5.41, 5.74) is 7.62. The predicted molar refractivity (Wildman–Crippen MR) is 118 cm³/mol. The largest absolute Gasteiger partial charge is 0.488 e. The number of carbonyl (C=O) groups is 1. The summed E-state index contributed by atoms with van der Waals surface area (Å²) in [5, 5.41) is 40.5. The van der Waals surface area contributed by atoms with Crippen LogP contribution in [0.4, 0.5) is 0 Å². The molecule has 0 bridgehead atoms. The lowest BCUT2D eigenvalue weighted by molar-refractivity contribution is -0.307. The fourth-order valence-electron chi connectivity index (χ4n) is 4.07. The van der Waals surface area contributed by atoms with Crippen molar-refractivity contribution in [3.8, 4) is 16.9 Å². The van der Waals surface area contributed by atoms with E-state index in [1.165, 1.54) is 0 Å². The highest BCUT2D eigenvalue weighted by molar-refractivity contribution is 6.39. The number of aliphatic hydroxyl groups excluding tert-OH is 3. The molecule has 7 atom stereocenters. The highest BCUT2D eigenvalue weighted by atomic mass is 35.5. The summed E-state index contributed by atoms with van der Waals surface area (Å²) in [5.74, 6) is -1.07. The molecule has 1 fully saturated rings. The summed E-state index contributed by atoms with van der Waals surface area (Å²) in [7, 11) is 0. The van der Waals surface area contributed by atoms with Gasteiger partial charge in [-0.15, -0.1) is 0 Å². The second kappa shape index (κ2) is 9.73. The van der Waals surface area contributed by atoms with Gasteiger partial charge in [0.05, 0.1) is 16.1 Å². The second-order valence-electron chi connectivity index (χ2n) is 7.89. The van der Waals surface area contributed by atoms with Crippen LogP contribution in [0.3, 0.4) is 0 Å². The SMILES string of the molecule is NC[C@H]1CC(OC2OC(C(=O)O)C(O)C(O)C2O)c2cccc(-c3c(Cl)cccc3Cl)c2O1. The standard InChI is InChI=1S/C22H23Cl2NO8/c23-12-5-2-6-13(24)15(12)11-4-1-3-10-14(7-9(8-25)31-19(10)11)32-22-18(28)16(26)17(27)20(33-22)21(29)30/h1-6,9,14,16-18,20,22,26-28H,7-8,25H2,(H,29,30)/t9-,14?,16?,17?,18?,20?,22?/m1/s1. The lowest BCUT2D eigenvalue weighted by Crippen LogP contribution is -2.60. The molecular formula is C22H23Cl2NO8. The fourth-order valence-corrected chi connectivity index (χ4v) is 4.67. The molecule has 2 heterocycles. The summed E-state index contributed by atoms with van der Waals surface area (Å²) in [6, 6.07) is 10.4. The highest BCUT2D eigenvalue weighted by Crippen LogP contribution is 2.47. The Morgan fingerprint density at radius 1 is 1.06 bits per heavy atom. The second-order valence-corrected chi connectivity index (χ2v) is 8.71. The van der Waals surface area contributed by atoms with Crippen molar-refractivity contribution in [3.05, 3.63) is 52.0 Å². The number of rotatable bonds is 5. The lowest BCUT2D eigenvalue weighted by atomic mass is 9.93. The van der Waals surface area contributed by atoms with Gasteiger partial charge in [-0.25, -0.2) is 4.79 Å². The molecule has 1 saturated heterocycles. The number of hydrogen-bond acceptors (Lipinski definition) is 8. The Kier molecular flexibility index (Phi) is 7.13. The lowest BCUT2D eigenvalue weighted by Gasteiger charge is -2.41. The third-order valence-corrected chi connectivity index (χ3v) is 6.39. The fraction of sp³-hybridized carbons (Fsp3) is 0.409. The van der Waals surface area contributed by atoms with Gasteiger partial charge in [-0.05, 0) is 12.1 Å². The predicted octanol–water partition coefficient (Wildman–Crippen LogP) is 1.72. The quantitative estimate of drug-likeness (QED) is 0.413. The number of ether oxygens (including phenoxy) is 3. The molecule has 2 aliphatic rings. The van der Waals surface area contributed by atoms with Gasteiger partial charge in [-0.1, -0.05) is 47.5 Å². The molecule has 33 heavy (non-hydrogen) atoms. The number of halogens is 2. The molecule has 2 aromatic rings. The number of aliphatic carboxylic acids is 1. The van der Waals surface area contributed by atoms with Gasteiger partial charge in [0.1, 0.15) is 30.2 Å². The molecule has 0 saturated carbocycles. The molecule has 178 valence electrons. The number of hydrogen-bond donors (Lipinski definition) is 5. The average molecular weight is 500 g/mol. The summed E-state index contributed by atoms with van der Waals surface area (Å²) in [4.78, 5) is 11.4. The van der Waals surface area contributed by atoms with E-state index in [1.54, 1.807) is 36.4 Å². The van der Waals surface area contributed by atoms with Crippen LogP contribution in [-0.4, -0.2) is 69.8 Å². The molecule has 11 heteroatoms. The Balaban J connectivity index is 1.72. The summed E-state index contributed by atoms with van der Waals surface area (Å²) >= 11 is 12.8. The molecule has 0 aliphatic carbocycles. The van der Waals surface area contributed by atoms with Gasteiger partial charge in [-0.2, -0.15) is 0 Å². The molecule has 6 unspecified atom stereocenters. The normalized spacial score (nSPS) is 31.5. The van der Waals surface area contributed by atoms with Crippen molar-refractivity contribution in [2.75, 3.05) is 6.54 Å². The minimum atomic E-state index is -1.81. The van der Waals surface area contributed by atoms with E-state index in [-0.39, 0.29) is 13.0 Å². The van der Waals surface area contributed by atoms with Gasteiger partial charge in [0, 0.05) is 29.7 Å². The van der Waals surface area contributed by atoms with E-state index in [9.17, 15) is 25.2 Å². The first-order valence-corrected chi connectivity index (χ1v) is 11.0. The maximum Gasteiger partial charge on any atom is 0.335 e. The van der Waals surface area contributed by atoms with Crippen LogP contribution in [0.25, 0.3) is 11.1 Å². The maximum absolute atomic E-state index is 11.4. The smallest absolute Gasteiger partial charge is 0.335 e. The van der Waals surface area contributed by atoms with Crippen LogP contribution in [-0.2, 0) is 14.3 Å². The van der Waals surface area contributed by atoms with E-state index < -0.39 is 48.9 Å². The monoisotopic (exact) mass is 499 g/mol. The first-order chi connectivity index (χ1) is 15.7. The van der Waals surface area contributed by atoms with Crippen LogP contribution >= 0.6 is 23.2 Å². The van der Waals surface area contributed by atoms with Crippen molar-refractivity contribution in [3.63, 3.8) is 0 Å². The number of carboxylic acids is 1. The van der Waals surface area contributed by atoms with Gasteiger partial charge >= 0.3 is 5.97 Å². The van der Waals surface area contributed by atoms with Crippen molar-refractivity contribution < 1.29 is 39.4 Å². The Morgan fingerprint density at radius 3 is 2.36 bits per heavy atom. The topological polar surface area (TPSA) is 152 Å². The highest BCUT2D eigenvalue weighted by Gasteiger charge is 2.48. The van der Waals surface area contributed by atoms with Crippen LogP contribution in [0.15, 0.2) is 36.4 Å². The van der Waals surface area contributed by atoms with Crippen molar-refractivity contribution in [1.29, 1.82) is 0 Å². The molecule has 6 N–H and O–H groups in total.